The van der Waals surface area contributed by atoms with Crippen molar-refractivity contribution in [2.45, 2.75) is 37.7 Å². The first kappa shape index (κ1) is 13.2. The van der Waals surface area contributed by atoms with Gasteiger partial charge in [-0.1, -0.05) is 6.92 Å². The molecular formula is C9H18ClNO4. The standard InChI is InChI=1S/C9H18ClNO4/c1-2-5-6(3-12)15-7(4-13)8(11-10)9(5)14/h5-9,11-14H,2-4H2,1H3/t5-,6?,7+,8?,9-/m1/s1. The number of aliphatic hydroxyl groups is 3. The molecule has 1 saturated heterocycles. The van der Waals surface area contributed by atoms with Crippen molar-refractivity contribution in [3.8, 4) is 0 Å². The first-order valence-electron chi connectivity index (χ1n) is 5.10. The van der Waals surface area contributed by atoms with Crippen LogP contribution in [0.1, 0.15) is 13.3 Å². The number of aliphatic hydroxyl groups excluding tert-OH is 3. The summed E-state index contributed by atoms with van der Waals surface area (Å²) in [5.41, 5.74) is 0. The molecule has 1 fully saturated rings. The van der Waals surface area contributed by atoms with Crippen molar-refractivity contribution in [3.05, 3.63) is 0 Å². The monoisotopic (exact) mass is 239 g/mol. The fourth-order valence-corrected chi connectivity index (χ4v) is 2.36. The average Bonchev–Trinajstić information content (AvgIpc) is 2.27. The highest BCUT2D eigenvalue weighted by atomic mass is 35.5. The van der Waals surface area contributed by atoms with Crippen LogP contribution in [0.4, 0.5) is 0 Å². The van der Waals surface area contributed by atoms with Crippen LogP contribution >= 0.6 is 11.8 Å². The van der Waals surface area contributed by atoms with E-state index in [0.717, 1.165) is 0 Å². The molecular weight excluding hydrogens is 222 g/mol. The molecule has 1 rings (SSSR count). The van der Waals surface area contributed by atoms with Crippen LogP contribution in [0.3, 0.4) is 0 Å². The van der Waals surface area contributed by atoms with E-state index in [1.165, 1.54) is 0 Å². The molecule has 0 aromatic rings. The largest absolute Gasteiger partial charge is 0.394 e. The van der Waals surface area contributed by atoms with E-state index < -0.39 is 24.4 Å². The normalized spacial score (nSPS) is 41.8. The van der Waals surface area contributed by atoms with Crippen LogP contribution in [0.5, 0.6) is 0 Å². The Hall–Kier alpha value is 0.0900. The maximum Gasteiger partial charge on any atom is 0.100 e. The van der Waals surface area contributed by atoms with E-state index in [1.807, 2.05) is 6.92 Å². The number of nitrogens with one attached hydrogen (secondary N) is 1. The van der Waals surface area contributed by atoms with Gasteiger partial charge in [0.2, 0.25) is 0 Å². The highest BCUT2D eigenvalue weighted by Gasteiger charge is 2.43. The molecule has 5 atom stereocenters. The Morgan fingerprint density at radius 2 is 1.87 bits per heavy atom. The van der Waals surface area contributed by atoms with Crippen LogP contribution in [-0.2, 0) is 4.74 Å². The van der Waals surface area contributed by atoms with Crippen LogP contribution in [0.2, 0.25) is 0 Å². The molecule has 90 valence electrons. The van der Waals surface area contributed by atoms with Gasteiger partial charge in [-0.15, -0.1) is 0 Å². The van der Waals surface area contributed by atoms with Gasteiger partial charge in [-0.3, -0.25) is 0 Å². The molecule has 1 heterocycles. The summed E-state index contributed by atoms with van der Waals surface area (Å²) in [4.78, 5) is 2.42. The molecule has 0 amide bonds. The van der Waals surface area contributed by atoms with Gasteiger partial charge < -0.3 is 20.1 Å². The Morgan fingerprint density at radius 1 is 1.27 bits per heavy atom. The molecule has 0 bridgehead atoms. The summed E-state index contributed by atoms with van der Waals surface area (Å²) >= 11 is 5.50. The molecule has 2 unspecified atom stereocenters. The third-order valence-corrected chi connectivity index (χ3v) is 3.24. The molecule has 15 heavy (non-hydrogen) atoms. The van der Waals surface area contributed by atoms with Gasteiger partial charge >= 0.3 is 0 Å². The molecule has 5 nitrogen and oxygen atoms in total. The Bertz CT molecular complexity index is 177. The van der Waals surface area contributed by atoms with Crippen molar-refractivity contribution in [1.82, 2.24) is 4.84 Å². The maximum absolute atomic E-state index is 9.98. The van der Waals surface area contributed by atoms with Crippen LogP contribution in [-0.4, -0.2) is 52.9 Å². The quantitative estimate of drug-likeness (QED) is 0.485. The molecule has 0 saturated carbocycles. The van der Waals surface area contributed by atoms with Gasteiger partial charge in [0.15, 0.2) is 0 Å². The Kier molecular flexibility index (Phi) is 5.25. The number of hydrogen-bond acceptors (Lipinski definition) is 5. The lowest BCUT2D eigenvalue weighted by atomic mass is 9.84. The highest BCUT2D eigenvalue weighted by Crippen LogP contribution is 2.28. The lowest BCUT2D eigenvalue weighted by molar-refractivity contribution is -0.174. The summed E-state index contributed by atoms with van der Waals surface area (Å²) in [6.45, 7) is 1.50. The average molecular weight is 240 g/mol. The third-order valence-electron chi connectivity index (χ3n) is 2.99. The minimum absolute atomic E-state index is 0.166. The molecule has 0 aromatic heterocycles. The molecule has 0 radical (unpaired) electrons. The van der Waals surface area contributed by atoms with Crippen molar-refractivity contribution in [2.24, 2.45) is 5.92 Å². The van der Waals surface area contributed by atoms with E-state index in [1.54, 1.807) is 0 Å². The minimum Gasteiger partial charge on any atom is -0.394 e. The van der Waals surface area contributed by atoms with Crippen molar-refractivity contribution in [1.29, 1.82) is 0 Å². The van der Waals surface area contributed by atoms with Crippen LogP contribution < -0.4 is 4.84 Å². The van der Waals surface area contributed by atoms with Crippen molar-refractivity contribution >= 4 is 11.8 Å². The summed E-state index contributed by atoms with van der Waals surface area (Å²) in [5.74, 6) is -0.172. The number of ether oxygens (including phenoxy) is 1. The number of halogens is 1. The zero-order valence-electron chi connectivity index (χ0n) is 8.64. The smallest absolute Gasteiger partial charge is 0.100 e. The predicted octanol–water partition coefficient (Wildman–Crippen LogP) is -0.763. The van der Waals surface area contributed by atoms with E-state index in [9.17, 15) is 5.11 Å². The van der Waals surface area contributed by atoms with Crippen molar-refractivity contribution in [3.63, 3.8) is 0 Å². The first-order chi connectivity index (χ1) is 7.19. The predicted molar refractivity (Wildman–Crippen MR) is 55.4 cm³/mol. The van der Waals surface area contributed by atoms with Crippen LogP contribution in [0, 0.1) is 5.92 Å². The van der Waals surface area contributed by atoms with Crippen molar-refractivity contribution in [2.75, 3.05) is 13.2 Å². The molecule has 0 aromatic carbocycles. The molecule has 0 spiro atoms. The topological polar surface area (TPSA) is 82.0 Å². The maximum atomic E-state index is 9.98. The number of rotatable bonds is 4. The Labute approximate surface area is 94.1 Å². The van der Waals surface area contributed by atoms with Gasteiger partial charge in [-0.2, -0.15) is 0 Å². The SMILES string of the molecule is CC[C@@H]1C(CO)O[C@@H](CO)C(NCl)[C@@H]1O. The minimum atomic E-state index is -0.726. The Morgan fingerprint density at radius 3 is 2.27 bits per heavy atom. The van der Waals surface area contributed by atoms with Gasteiger partial charge in [-0.05, 0) is 18.2 Å². The lowest BCUT2D eigenvalue weighted by Gasteiger charge is -2.43. The van der Waals surface area contributed by atoms with Gasteiger partial charge in [0.1, 0.15) is 6.10 Å². The second-order valence-corrected chi connectivity index (χ2v) is 3.99. The van der Waals surface area contributed by atoms with Gasteiger partial charge in [0, 0.05) is 5.92 Å². The number of hydrogen-bond donors (Lipinski definition) is 4. The zero-order valence-corrected chi connectivity index (χ0v) is 9.39. The summed E-state index contributed by atoms with van der Waals surface area (Å²) in [5, 5.41) is 28.2. The Balaban J connectivity index is 2.76. The molecule has 4 N–H and O–H groups in total. The fraction of sp³-hybridized carbons (Fsp3) is 1.00. The van der Waals surface area contributed by atoms with E-state index in [4.69, 9.17) is 26.7 Å². The summed E-state index contributed by atoms with van der Waals surface area (Å²) in [6.07, 6.45) is -1.07. The van der Waals surface area contributed by atoms with Crippen LogP contribution in [0.15, 0.2) is 0 Å². The third kappa shape index (κ3) is 2.61. The fourth-order valence-electron chi connectivity index (χ4n) is 2.09. The molecule has 1 aliphatic rings. The van der Waals surface area contributed by atoms with E-state index in [0.29, 0.717) is 6.42 Å². The lowest BCUT2D eigenvalue weighted by Crippen LogP contribution is -2.60. The van der Waals surface area contributed by atoms with Crippen molar-refractivity contribution < 1.29 is 20.1 Å². The van der Waals surface area contributed by atoms with E-state index in [-0.39, 0.29) is 19.1 Å². The van der Waals surface area contributed by atoms with Crippen LogP contribution in [0.25, 0.3) is 0 Å². The van der Waals surface area contributed by atoms with Gasteiger partial charge in [0.25, 0.3) is 0 Å². The molecule has 1 aliphatic heterocycles. The summed E-state index contributed by atoms with van der Waals surface area (Å²) < 4.78 is 5.46. The first-order valence-corrected chi connectivity index (χ1v) is 5.48. The molecule has 6 heteroatoms. The summed E-state index contributed by atoms with van der Waals surface area (Å²) in [6, 6.07) is -0.510. The summed E-state index contributed by atoms with van der Waals surface area (Å²) in [7, 11) is 0. The molecule has 0 aliphatic carbocycles. The van der Waals surface area contributed by atoms with E-state index in [2.05, 4.69) is 4.84 Å². The second kappa shape index (κ2) is 5.98. The van der Waals surface area contributed by atoms with Gasteiger partial charge in [0.05, 0.1) is 31.5 Å². The second-order valence-electron chi connectivity index (χ2n) is 3.78. The van der Waals surface area contributed by atoms with E-state index >= 15 is 0 Å². The zero-order chi connectivity index (χ0) is 11.4. The van der Waals surface area contributed by atoms with Gasteiger partial charge in [-0.25, -0.2) is 4.84 Å². The highest BCUT2D eigenvalue weighted by molar-refractivity contribution is 6.13.